The minimum atomic E-state index is -0.0364. The normalized spacial score (nSPS) is 26.9. The van der Waals surface area contributed by atoms with Crippen LogP contribution in [0, 0.1) is 0 Å². The third-order valence-electron chi connectivity index (χ3n) is 3.48. The zero-order chi connectivity index (χ0) is 12.1. The lowest BCUT2D eigenvalue weighted by Crippen LogP contribution is -2.47. The van der Waals surface area contributed by atoms with E-state index < -0.39 is 0 Å². The molecule has 2 N–H and O–H groups in total. The fraction of sp³-hybridized carbons (Fsp3) is 0.833. The van der Waals surface area contributed by atoms with E-state index in [1.807, 2.05) is 4.90 Å². The van der Waals surface area contributed by atoms with Crippen LogP contribution in [0.1, 0.15) is 32.1 Å². The third kappa shape index (κ3) is 3.43. The fourth-order valence-electron chi connectivity index (χ4n) is 2.45. The van der Waals surface area contributed by atoms with Crippen molar-refractivity contribution < 1.29 is 9.59 Å². The molecule has 2 rings (SSSR count). The summed E-state index contributed by atoms with van der Waals surface area (Å²) in [5, 5.41) is 6.11. The Morgan fingerprint density at radius 3 is 2.94 bits per heavy atom. The number of carbonyl (C=O) groups excluding carboxylic acids is 2. The van der Waals surface area contributed by atoms with Crippen LogP contribution in [0.15, 0.2) is 0 Å². The van der Waals surface area contributed by atoms with Crippen LogP contribution in [0.25, 0.3) is 0 Å². The SMILES string of the molecule is O=C1CCN(C(=O)C2CCCCCN2)CCN1. The molecular weight excluding hydrogens is 218 g/mol. The quantitative estimate of drug-likeness (QED) is 0.670. The minimum Gasteiger partial charge on any atom is -0.354 e. The molecule has 0 aromatic heterocycles. The van der Waals surface area contributed by atoms with E-state index in [1.165, 1.54) is 6.42 Å². The fourth-order valence-corrected chi connectivity index (χ4v) is 2.45. The lowest BCUT2D eigenvalue weighted by Gasteiger charge is -2.25. The van der Waals surface area contributed by atoms with Crippen molar-refractivity contribution in [2.75, 3.05) is 26.2 Å². The Hall–Kier alpha value is -1.10. The molecule has 0 radical (unpaired) electrons. The summed E-state index contributed by atoms with van der Waals surface area (Å²) in [5.41, 5.74) is 0. The molecule has 0 aromatic carbocycles. The van der Waals surface area contributed by atoms with Gasteiger partial charge in [0.15, 0.2) is 0 Å². The molecule has 0 aliphatic carbocycles. The van der Waals surface area contributed by atoms with Crippen molar-refractivity contribution in [3.05, 3.63) is 0 Å². The first-order chi connectivity index (χ1) is 8.27. The van der Waals surface area contributed by atoms with Gasteiger partial charge < -0.3 is 15.5 Å². The van der Waals surface area contributed by atoms with Gasteiger partial charge in [-0.25, -0.2) is 0 Å². The van der Waals surface area contributed by atoms with E-state index in [2.05, 4.69) is 10.6 Å². The van der Waals surface area contributed by atoms with Crippen LogP contribution in [0.2, 0.25) is 0 Å². The molecular formula is C12H21N3O2. The first-order valence-corrected chi connectivity index (χ1v) is 6.56. The van der Waals surface area contributed by atoms with Gasteiger partial charge in [-0.05, 0) is 19.4 Å². The molecule has 5 heteroatoms. The lowest BCUT2D eigenvalue weighted by molar-refractivity contribution is -0.133. The number of carbonyl (C=O) groups is 2. The second-order valence-electron chi connectivity index (χ2n) is 4.78. The van der Waals surface area contributed by atoms with Crippen LogP contribution in [0.3, 0.4) is 0 Å². The molecule has 2 aliphatic rings. The van der Waals surface area contributed by atoms with Crippen LogP contribution < -0.4 is 10.6 Å². The zero-order valence-electron chi connectivity index (χ0n) is 10.2. The Balaban J connectivity index is 1.90. The molecule has 1 atom stereocenters. The van der Waals surface area contributed by atoms with Crippen molar-refractivity contribution in [2.45, 2.75) is 38.1 Å². The average Bonchev–Trinajstić information content (AvgIpc) is 2.70. The predicted molar refractivity (Wildman–Crippen MR) is 64.5 cm³/mol. The molecule has 0 aromatic rings. The van der Waals surface area contributed by atoms with Gasteiger partial charge in [-0.3, -0.25) is 9.59 Å². The third-order valence-corrected chi connectivity index (χ3v) is 3.48. The Labute approximate surface area is 102 Å². The largest absolute Gasteiger partial charge is 0.354 e. The van der Waals surface area contributed by atoms with Gasteiger partial charge in [-0.15, -0.1) is 0 Å². The van der Waals surface area contributed by atoms with Gasteiger partial charge in [0, 0.05) is 26.1 Å². The highest BCUT2D eigenvalue weighted by atomic mass is 16.2. The summed E-state index contributed by atoms with van der Waals surface area (Å²) in [6.07, 6.45) is 4.84. The van der Waals surface area contributed by atoms with Crippen molar-refractivity contribution in [1.82, 2.24) is 15.5 Å². The van der Waals surface area contributed by atoms with Gasteiger partial charge in [0.25, 0.3) is 0 Å². The van der Waals surface area contributed by atoms with E-state index in [0.29, 0.717) is 26.1 Å². The molecule has 0 bridgehead atoms. The minimum absolute atomic E-state index is 0.0364. The Kier molecular flexibility index (Phi) is 4.36. The second kappa shape index (κ2) is 6.00. The number of hydrogen-bond donors (Lipinski definition) is 2. The lowest BCUT2D eigenvalue weighted by atomic mass is 10.1. The summed E-state index contributed by atoms with van der Waals surface area (Å²) >= 11 is 0. The summed E-state index contributed by atoms with van der Waals surface area (Å²) in [4.78, 5) is 25.3. The Morgan fingerprint density at radius 2 is 2.06 bits per heavy atom. The highest BCUT2D eigenvalue weighted by molar-refractivity contribution is 5.83. The molecule has 2 aliphatic heterocycles. The molecule has 2 saturated heterocycles. The van der Waals surface area contributed by atoms with E-state index in [9.17, 15) is 9.59 Å². The van der Waals surface area contributed by atoms with E-state index >= 15 is 0 Å². The van der Waals surface area contributed by atoms with Gasteiger partial charge >= 0.3 is 0 Å². The van der Waals surface area contributed by atoms with Gasteiger partial charge in [0.2, 0.25) is 11.8 Å². The summed E-state index contributed by atoms with van der Waals surface area (Å²) in [7, 11) is 0. The van der Waals surface area contributed by atoms with Crippen molar-refractivity contribution in [3.63, 3.8) is 0 Å². The molecule has 1 unspecified atom stereocenters. The number of hydrogen-bond acceptors (Lipinski definition) is 3. The van der Waals surface area contributed by atoms with Crippen LogP contribution in [-0.4, -0.2) is 48.9 Å². The molecule has 2 amide bonds. The van der Waals surface area contributed by atoms with Crippen molar-refractivity contribution in [3.8, 4) is 0 Å². The number of nitrogens with one attached hydrogen (secondary N) is 2. The van der Waals surface area contributed by atoms with E-state index in [1.54, 1.807) is 0 Å². The summed E-state index contributed by atoms with van der Waals surface area (Å²) in [5.74, 6) is 0.220. The van der Waals surface area contributed by atoms with Gasteiger partial charge in [-0.2, -0.15) is 0 Å². The molecule has 5 nitrogen and oxygen atoms in total. The Morgan fingerprint density at radius 1 is 1.18 bits per heavy atom. The second-order valence-corrected chi connectivity index (χ2v) is 4.78. The predicted octanol–water partition coefficient (Wildman–Crippen LogP) is -0.133. The molecule has 2 heterocycles. The van der Waals surface area contributed by atoms with Crippen LogP contribution >= 0.6 is 0 Å². The molecule has 2 fully saturated rings. The maximum atomic E-state index is 12.3. The maximum Gasteiger partial charge on any atom is 0.239 e. The topological polar surface area (TPSA) is 61.4 Å². The first-order valence-electron chi connectivity index (χ1n) is 6.56. The number of rotatable bonds is 1. The van der Waals surface area contributed by atoms with Gasteiger partial charge in [0.1, 0.15) is 0 Å². The van der Waals surface area contributed by atoms with Gasteiger partial charge in [-0.1, -0.05) is 12.8 Å². The number of nitrogens with zero attached hydrogens (tertiary/aromatic N) is 1. The standard InChI is InChI=1S/C12H21N3O2/c16-11-5-8-15(9-7-14-11)12(17)10-4-2-1-3-6-13-10/h10,13H,1-9H2,(H,14,16). The van der Waals surface area contributed by atoms with E-state index in [-0.39, 0.29) is 17.9 Å². The van der Waals surface area contributed by atoms with Crippen LogP contribution in [-0.2, 0) is 9.59 Å². The van der Waals surface area contributed by atoms with Crippen LogP contribution in [0.5, 0.6) is 0 Å². The molecule has 17 heavy (non-hydrogen) atoms. The molecule has 0 saturated carbocycles. The summed E-state index contributed by atoms with van der Waals surface area (Å²) < 4.78 is 0. The van der Waals surface area contributed by atoms with Crippen molar-refractivity contribution in [2.24, 2.45) is 0 Å². The Bertz CT molecular complexity index is 285. The summed E-state index contributed by atoms with van der Waals surface area (Å²) in [6, 6.07) is -0.0364. The zero-order valence-corrected chi connectivity index (χ0v) is 10.2. The van der Waals surface area contributed by atoms with Crippen molar-refractivity contribution in [1.29, 1.82) is 0 Å². The highest BCUT2D eigenvalue weighted by Gasteiger charge is 2.26. The number of amides is 2. The molecule has 96 valence electrons. The van der Waals surface area contributed by atoms with E-state index in [0.717, 1.165) is 25.8 Å². The van der Waals surface area contributed by atoms with E-state index in [4.69, 9.17) is 0 Å². The van der Waals surface area contributed by atoms with Crippen molar-refractivity contribution >= 4 is 11.8 Å². The van der Waals surface area contributed by atoms with Crippen LogP contribution in [0.4, 0.5) is 0 Å². The first kappa shape index (κ1) is 12.4. The highest BCUT2D eigenvalue weighted by Crippen LogP contribution is 2.11. The average molecular weight is 239 g/mol. The smallest absolute Gasteiger partial charge is 0.239 e. The maximum absolute atomic E-state index is 12.3. The van der Waals surface area contributed by atoms with Gasteiger partial charge in [0.05, 0.1) is 6.04 Å². The monoisotopic (exact) mass is 239 g/mol. The summed E-state index contributed by atoms with van der Waals surface area (Å²) in [6.45, 7) is 2.71. The molecule has 0 spiro atoms.